The number of carbonyl (C=O) groups excluding carboxylic acids is 2. The van der Waals surface area contributed by atoms with E-state index in [1.165, 1.54) is 0 Å². The van der Waals surface area contributed by atoms with Gasteiger partial charge < -0.3 is 15.0 Å². The van der Waals surface area contributed by atoms with Crippen molar-refractivity contribution in [2.45, 2.75) is 63.5 Å². The van der Waals surface area contributed by atoms with Crippen LogP contribution in [0.2, 0.25) is 0 Å². The molecule has 2 heterocycles. The van der Waals surface area contributed by atoms with Crippen molar-refractivity contribution in [1.82, 2.24) is 10.2 Å². The molecule has 128 valence electrons. The molecule has 0 aromatic rings. The molecule has 2 aliphatic heterocycles. The van der Waals surface area contributed by atoms with E-state index in [1.54, 1.807) is 0 Å². The lowest BCUT2D eigenvalue weighted by Gasteiger charge is -2.35. The molecule has 5 heteroatoms. The fraction of sp³-hybridized carbons (Fsp3) is 0.778. The molecule has 2 saturated heterocycles. The first-order valence-corrected chi connectivity index (χ1v) is 9.10. The SMILES string of the molecule is O=C1NCCCC[C@@H]1N(C[C@H]1CC=CCC1)C(=O)[C@H]1CCCO1. The Hall–Kier alpha value is -1.36. The number of allylic oxidation sites excluding steroid dienone is 2. The van der Waals surface area contributed by atoms with Crippen LogP contribution in [0.15, 0.2) is 12.2 Å². The molecule has 0 saturated carbocycles. The highest BCUT2D eigenvalue weighted by Gasteiger charge is 2.37. The zero-order valence-electron chi connectivity index (χ0n) is 13.8. The minimum atomic E-state index is -0.342. The molecule has 0 radical (unpaired) electrons. The van der Waals surface area contributed by atoms with Gasteiger partial charge >= 0.3 is 0 Å². The van der Waals surface area contributed by atoms with E-state index in [-0.39, 0.29) is 24.0 Å². The maximum absolute atomic E-state index is 13.0. The van der Waals surface area contributed by atoms with E-state index in [0.29, 0.717) is 19.1 Å². The van der Waals surface area contributed by atoms with Crippen molar-refractivity contribution in [2.75, 3.05) is 19.7 Å². The number of carbonyl (C=O) groups is 2. The lowest BCUT2D eigenvalue weighted by Crippen LogP contribution is -2.53. The van der Waals surface area contributed by atoms with Crippen LogP contribution >= 0.6 is 0 Å². The predicted octanol–water partition coefficient (Wildman–Crippen LogP) is 2.02. The number of amides is 2. The van der Waals surface area contributed by atoms with Crippen LogP contribution in [-0.2, 0) is 14.3 Å². The number of hydrogen-bond acceptors (Lipinski definition) is 3. The van der Waals surface area contributed by atoms with Gasteiger partial charge in [0.05, 0.1) is 0 Å². The fourth-order valence-corrected chi connectivity index (χ4v) is 3.85. The summed E-state index contributed by atoms with van der Waals surface area (Å²) >= 11 is 0. The van der Waals surface area contributed by atoms with Gasteiger partial charge in [-0.3, -0.25) is 9.59 Å². The molecule has 2 amide bonds. The second-order valence-electron chi connectivity index (χ2n) is 6.95. The normalized spacial score (nSPS) is 31.5. The number of nitrogens with zero attached hydrogens (tertiary/aromatic N) is 1. The second-order valence-corrected chi connectivity index (χ2v) is 6.95. The maximum atomic E-state index is 13.0. The Morgan fingerprint density at radius 2 is 2.13 bits per heavy atom. The van der Waals surface area contributed by atoms with Crippen molar-refractivity contribution in [3.8, 4) is 0 Å². The Morgan fingerprint density at radius 3 is 2.87 bits per heavy atom. The summed E-state index contributed by atoms with van der Waals surface area (Å²) in [7, 11) is 0. The second kappa shape index (κ2) is 7.95. The van der Waals surface area contributed by atoms with Gasteiger partial charge in [-0.25, -0.2) is 0 Å². The number of ether oxygens (including phenoxy) is 1. The number of hydrogen-bond donors (Lipinski definition) is 1. The highest BCUT2D eigenvalue weighted by molar-refractivity contribution is 5.89. The third kappa shape index (κ3) is 4.14. The highest BCUT2D eigenvalue weighted by Crippen LogP contribution is 2.25. The minimum absolute atomic E-state index is 0.0141. The standard InChI is InChI=1S/C18H28N2O3/c21-17-15(9-4-5-11-19-17)20(13-14-7-2-1-3-8-14)18(22)16-10-6-12-23-16/h1-2,14-16H,3-13H2,(H,19,21)/t14-,15-,16+/m0/s1. The summed E-state index contributed by atoms with van der Waals surface area (Å²) in [6.07, 6.45) is 11.7. The average molecular weight is 320 g/mol. The summed E-state index contributed by atoms with van der Waals surface area (Å²) in [6, 6.07) is -0.319. The zero-order valence-corrected chi connectivity index (χ0v) is 13.8. The Balaban J connectivity index is 1.74. The quantitative estimate of drug-likeness (QED) is 0.806. The van der Waals surface area contributed by atoms with Gasteiger partial charge in [0.25, 0.3) is 5.91 Å². The Bertz CT molecular complexity index is 457. The van der Waals surface area contributed by atoms with Crippen molar-refractivity contribution in [3.63, 3.8) is 0 Å². The molecule has 3 atom stereocenters. The highest BCUT2D eigenvalue weighted by atomic mass is 16.5. The summed E-state index contributed by atoms with van der Waals surface area (Å²) in [5.41, 5.74) is 0. The van der Waals surface area contributed by atoms with E-state index in [0.717, 1.165) is 57.9 Å². The molecule has 0 aromatic heterocycles. The Kier molecular flexibility index (Phi) is 5.70. The molecule has 2 fully saturated rings. The molecule has 1 N–H and O–H groups in total. The Morgan fingerprint density at radius 1 is 1.22 bits per heavy atom. The lowest BCUT2D eigenvalue weighted by atomic mass is 9.92. The number of rotatable bonds is 4. The van der Waals surface area contributed by atoms with E-state index < -0.39 is 0 Å². The van der Waals surface area contributed by atoms with Crippen LogP contribution in [0.25, 0.3) is 0 Å². The first-order valence-electron chi connectivity index (χ1n) is 9.10. The van der Waals surface area contributed by atoms with Gasteiger partial charge in [-0.2, -0.15) is 0 Å². The van der Waals surface area contributed by atoms with Gasteiger partial charge in [0, 0.05) is 19.7 Å². The summed E-state index contributed by atoms with van der Waals surface area (Å²) in [5, 5.41) is 2.97. The lowest BCUT2D eigenvalue weighted by molar-refractivity contribution is -0.148. The minimum Gasteiger partial charge on any atom is -0.368 e. The van der Waals surface area contributed by atoms with Crippen LogP contribution in [0, 0.1) is 5.92 Å². The van der Waals surface area contributed by atoms with Gasteiger partial charge in [-0.15, -0.1) is 0 Å². The smallest absolute Gasteiger partial charge is 0.252 e. The molecule has 0 unspecified atom stereocenters. The molecular weight excluding hydrogens is 292 g/mol. The molecule has 0 spiro atoms. The van der Waals surface area contributed by atoms with Crippen LogP contribution < -0.4 is 5.32 Å². The van der Waals surface area contributed by atoms with Gasteiger partial charge in [0.1, 0.15) is 12.1 Å². The molecular formula is C18H28N2O3. The van der Waals surface area contributed by atoms with E-state index >= 15 is 0 Å². The molecule has 3 aliphatic rings. The van der Waals surface area contributed by atoms with Crippen LogP contribution in [0.3, 0.4) is 0 Å². The third-order valence-corrected chi connectivity index (χ3v) is 5.20. The summed E-state index contributed by atoms with van der Waals surface area (Å²) < 4.78 is 5.61. The number of nitrogens with one attached hydrogen (secondary N) is 1. The van der Waals surface area contributed by atoms with Crippen molar-refractivity contribution in [1.29, 1.82) is 0 Å². The predicted molar refractivity (Wildman–Crippen MR) is 87.8 cm³/mol. The molecule has 23 heavy (non-hydrogen) atoms. The van der Waals surface area contributed by atoms with Crippen molar-refractivity contribution >= 4 is 11.8 Å². The molecule has 1 aliphatic carbocycles. The topological polar surface area (TPSA) is 58.6 Å². The van der Waals surface area contributed by atoms with Crippen LogP contribution in [0.4, 0.5) is 0 Å². The monoisotopic (exact) mass is 320 g/mol. The van der Waals surface area contributed by atoms with Crippen LogP contribution in [0.1, 0.15) is 51.4 Å². The Labute approximate surface area is 138 Å². The van der Waals surface area contributed by atoms with Crippen LogP contribution in [-0.4, -0.2) is 48.6 Å². The van der Waals surface area contributed by atoms with Gasteiger partial charge in [-0.05, 0) is 57.3 Å². The van der Waals surface area contributed by atoms with Crippen molar-refractivity contribution in [3.05, 3.63) is 12.2 Å². The van der Waals surface area contributed by atoms with Gasteiger partial charge in [-0.1, -0.05) is 12.2 Å². The molecule has 0 aromatic carbocycles. The van der Waals surface area contributed by atoms with Gasteiger partial charge in [0.2, 0.25) is 5.91 Å². The summed E-state index contributed by atoms with van der Waals surface area (Å²) in [5.74, 6) is 0.501. The molecule has 3 rings (SSSR count). The third-order valence-electron chi connectivity index (χ3n) is 5.20. The molecule has 0 bridgehead atoms. The zero-order chi connectivity index (χ0) is 16.1. The average Bonchev–Trinajstić information content (AvgIpc) is 3.03. The first-order chi connectivity index (χ1) is 11.3. The van der Waals surface area contributed by atoms with E-state index in [1.807, 2.05) is 4.90 Å². The fourth-order valence-electron chi connectivity index (χ4n) is 3.85. The largest absolute Gasteiger partial charge is 0.368 e. The van der Waals surface area contributed by atoms with Crippen molar-refractivity contribution < 1.29 is 14.3 Å². The first kappa shape index (κ1) is 16.5. The van der Waals surface area contributed by atoms with E-state index in [4.69, 9.17) is 4.74 Å². The van der Waals surface area contributed by atoms with E-state index in [9.17, 15) is 9.59 Å². The van der Waals surface area contributed by atoms with Crippen molar-refractivity contribution in [2.24, 2.45) is 5.92 Å². The van der Waals surface area contributed by atoms with E-state index in [2.05, 4.69) is 17.5 Å². The molecule has 5 nitrogen and oxygen atoms in total. The maximum Gasteiger partial charge on any atom is 0.252 e. The van der Waals surface area contributed by atoms with Gasteiger partial charge in [0.15, 0.2) is 0 Å². The summed E-state index contributed by atoms with van der Waals surface area (Å²) in [6.45, 7) is 2.07. The summed E-state index contributed by atoms with van der Waals surface area (Å²) in [4.78, 5) is 27.3. The van der Waals surface area contributed by atoms with Crippen LogP contribution in [0.5, 0.6) is 0 Å².